The molecule has 3 saturated carbocycles. The number of likely N-dealkylation sites (tertiary alicyclic amines) is 1. The van der Waals surface area contributed by atoms with Crippen LogP contribution in [0.25, 0.3) is 10.9 Å². The molecule has 5 fully saturated rings. The fourth-order valence-corrected chi connectivity index (χ4v) is 7.01. The maximum absolute atomic E-state index is 15.5. The molecule has 10 heteroatoms. The van der Waals surface area contributed by atoms with E-state index < -0.39 is 12.3 Å². The van der Waals surface area contributed by atoms with Gasteiger partial charge in [0.2, 0.25) is 5.95 Å². The second-order valence-electron chi connectivity index (χ2n) is 11.1. The van der Waals surface area contributed by atoms with E-state index in [0.29, 0.717) is 43.0 Å². The summed E-state index contributed by atoms with van der Waals surface area (Å²) in [5.74, 6) is 1.07. The van der Waals surface area contributed by atoms with Gasteiger partial charge in [0.05, 0.1) is 48.3 Å². The lowest BCUT2D eigenvalue weighted by molar-refractivity contribution is -0.0975. The van der Waals surface area contributed by atoms with Gasteiger partial charge in [0, 0.05) is 24.0 Å². The molecule has 0 radical (unpaired) electrons. The molecular weight excluding hydrogens is 483 g/mol. The lowest BCUT2D eigenvalue weighted by Gasteiger charge is -2.61. The van der Waals surface area contributed by atoms with Gasteiger partial charge < -0.3 is 15.2 Å². The normalized spacial score (nSPS) is 33.9. The number of ether oxygens (including phenoxy) is 1. The number of piperidine rings is 1. The number of hydrogen-bond acceptors (Lipinski definition) is 7. The Bertz CT molecular complexity index is 1320. The highest BCUT2D eigenvalue weighted by Gasteiger charge is 2.59. The molecule has 0 amide bonds. The van der Waals surface area contributed by atoms with Crippen LogP contribution in [0.15, 0.2) is 24.5 Å². The van der Waals surface area contributed by atoms with Crippen molar-refractivity contribution in [2.24, 2.45) is 5.92 Å². The number of anilines is 2. The van der Waals surface area contributed by atoms with Gasteiger partial charge in [-0.05, 0) is 68.3 Å². The fourth-order valence-electron chi connectivity index (χ4n) is 6.69. The van der Waals surface area contributed by atoms with Gasteiger partial charge in [-0.15, -0.1) is 0 Å². The molecule has 0 spiro atoms. The SMILES string of the molecule is Cc1cc2cnc(Nc3cnn(C45CC(C4)C5)c3Cl)nc2cc1C1CCN([C@@H]2COCC2O)CC1F. The summed E-state index contributed by atoms with van der Waals surface area (Å²) in [5.41, 5.74) is 3.60. The minimum Gasteiger partial charge on any atom is -0.389 e. The Kier molecular flexibility index (Phi) is 5.29. The zero-order valence-corrected chi connectivity index (χ0v) is 21.0. The molecule has 4 heterocycles. The van der Waals surface area contributed by atoms with Gasteiger partial charge in [0.15, 0.2) is 5.15 Å². The topological polar surface area (TPSA) is 88.3 Å². The maximum Gasteiger partial charge on any atom is 0.227 e. The molecule has 3 aromatic rings. The number of aromatic nitrogens is 4. The Balaban J connectivity index is 1.12. The Morgan fingerprint density at radius 2 is 2.06 bits per heavy atom. The van der Waals surface area contributed by atoms with Gasteiger partial charge in [-0.25, -0.2) is 19.0 Å². The number of aliphatic hydroxyl groups excluding tert-OH is 1. The van der Waals surface area contributed by atoms with Gasteiger partial charge in [-0.2, -0.15) is 5.10 Å². The third-order valence-corrected chi connectivity index (χ3v) is 9.21. The van der Waals surface area contributed by atoms with Crippen molar-refractivity contribution in [2.75, 3.05) is 31.6 Å². The molecule has 1 aromatic carbocycles. The van der Waals surface area contributed by atoms with E-state index >= 15 is 4.39 Å². The quantitative estimate of drug-likeness (QED) is 0.535. The van der Waals surface area contributed by atoms with E-state index in [2.05, 4.69) is 15.4 Å². The number of fused-ring (bicyclic) bond motifs is 1. The number of halogens is 2. The predicted octanol–water partition coefficient (Wildman–Crippen LogP) is 3.93. The summed E-state index contributed by atoms with van der Waals surface area (Å²) in [7, 11) is 0. The second kappa shape index (κ2) is 8.34. The highest BCUT2D eigenvalue weighted by atomic mass is 35.5. The average molecular weight is 513 g/mol. The van der Waals surface area contributed by atoms with Crippen LogP contribution in [0.3, 0.4) is 0 Å². The number of rotatable bonds is 5. The van der Waals surface area contributed by atoms with Crippen LogP contribution in [0.1, 0.15) is 42.7 Å². The van der Waals surface area contributed by atoms with E-state index in [0.717, 1.165) is 53.8 Å². The molecule has 2 N–H and O–H groups in total. The summed E-state index contributed by atoms with van der Waals surface area (Å²) in [6.45, 7) is 3.84. The summed E-state index contributed by atoms with van der Waals surface area (Å²) in [4.78, 5) is 11.3. The van der Waals surface area contributed by atoms with Gasteiger partial charge >= 0.3 is 0 Å². The molecule has 36 heavy (non-hydrogen) atoms. The zero-order chi connectivity index (χ0) is 24.6. The summed E-state index contributed by atoms with van der Waals surface area (Å²) >= 11 is 6.66. The van der Waals surface area contributed by atoms with Crippen molar-refractivity contribution in [1.82, 2.24) is 24.6 Å². The third kappa shape index (κ3) is 3.55. The van der Waals surface area contributed by atoms with Gasteiger partial charge in [0.1, 0.15) is 6.17 Å². The number of nitrogens with zero attached hydrogens (tertiary/aromatic N) is 5. The minimum atomic E-state index is -1.02. The van der Waals surface area contributed by atoms with E-state index in [1.807, 2.05) is 28.6 Å². The summed E-state index contributed by atoms with van der Waals surface area (Å²) in [5, 5.41) is 19.4. The molecule has 2 aliphatic heterocycles. The van der Waals surface area contributed by atoms with Gasteiger partial charge in [-0.1, -0.05) is 11.6 Å². The Hall–Kier alpha value is -2.33. The highest BCUT2D eigenvalue weighted by Crippen LogP contribution is 2.63. The Labute approximate surface area is 213 Å². The summed E-state index contributed by atoms with van der Waals surface area (Å²) in [6.07, 6.45) is 6.12. The van der Waals surface area contributed by atoms with Crippen LogP contribution < -0.4 is 5.32 Å². The van der Waals surface area contributed by atoms with Crippen molar-refractivity contribution in [2.45, 2.75) is 62.4 Å². The molecule has 4 atom stereocenters. The first kappa shape index (κ1) is 22.8. The third-order valence-electron chi connectivity index (χ3n) is 8.84. The lowest BCUT2D eigenvalue weighted by Crippen LogP contribution is -2.59. The van der Waals surface area contributed by atoms with Crippen molar-refractivity contribution in [3.63, 3.8) is 0 Å². The van der Waals surface area contributed by atoms with Gasteiger partial charge in [0.25, 0.3) is 0 Å². The molecule has 2 bridgehead atoms. The number of alkyl halides is 1. The van der Waals surface area contributed by atoms with Crippen LogP contribution in [0.4, 0.5) is 16.0 Å². The second-order valence-corrected chi connectivity index (χ2v) is 11.5. The van der Waals surface area contributed by atoms with E-state index in [-0.39, 0.29) is 17.5 Å². The van der Waals surface area contributed by atoms with E-state index in [9.17, 15) is 5.11 Å². The van der Waals surface area contributed by atoms with Crippen LogP contribution in [-0.2, 0) is 10.3 Å². The number of hydrogen-bond donors (Lipinski definition) is 2. The zero-order valence-electron chi connectivity index (χ0n) is 20.2. The van der Waals surface area contributed by atoms with Crippen molar-refractivity contribution < 1.29 is 14.2 Å². The minimum absolute atomic E-state index is 0.111. The van der Waals surface area contributed by atoms with Crippen LogP contribution in [0.5, 0.6) is 0 Å². The fraction of sp³-hybridized carbons (Fsp3) is 0.577. The van der Waals surface area contributed by atoms with Crippen LogP contribution >= 0.6 is 11.6 Å². The van der Waals surface area contributed by atoms with Crippen molar-refractivity contribution in [1.29, 1.82) is 0 Å². The molecule has 190 valence electrons. The number of aliphatic hydroxyl groups is 1. The van der Waals surface area contributed by atoms with Crippen LogP contribution in [-0.4, -0.2) is 74.4 Å². The smallest absolute Gasteiger partial charge is 0.227 e. The first-order valence-corrected chi connectivity index (χ1v) is 13.2. The molecule has 8 nitrogen and oxygen atoms in total. The average Bonchev–Trinajstić information content (AvgIpc) is 3.38. The van der Waals surface area contributed by atoms with Crippen molar-refractivity contribution in [3.8, 4) is 0 Å². The predicted molar refractivity (Wildman–Crippen MR) is 135 cm³/mol. The number of benzene rings is 1. The summed E-state index contributed by atoms with van der Waals surface area (Å²) < 4.78 is 22.8. The molecule has 3 unspecified atom stereocenters. The number of nitrogens with one attached hydrogen (secondary N) is 1. The van der Waals surface area contributed by atoms with Crippen LogP contribution in [0, 0.1) is 12.8 Å². The highest BCUT2D eigenvalue weighted by molar-refractivity contribution is 6.32. The molecular formula is C26H30ClFN6O2. The number of aryl methyl sites for hydroxylation is 1. The molecule has 2 aromatic heterocycles. The summed E-state index contributed by atoms with van der Waals surface area (Å²) in [6, 6.07) is 3.93. The van der Waals surface area contributed by atoms with Crippen LogP contribution in [0.2, 0.25) is 5.15 Å². The van der Waals surface area contributed by atoms with E-state index in [4.69, 9.17) is 21.3 Å². The van der Waals surface area contributed by atoms with E-state index in [1.54, 1.807) is 12.4 Å². The van der Waals surface area contributed by atoms with Gasteiger partial charge in [-0.3, -0.25) is 4.90 Å². The first-order valence-electron chi connectivity index (χ1n) is 12.8. The lowest BCUT2D eigenvalue weighted by atomic mass is 9.50. The molecule has 3 aliphatic carbocycles. The molecule has 5 aliphatic rings. The van der Waals surface area contributed by atoms with Crippen molar-refractivity contribution in [3.05, 3.63) is 40.8 Å². The molecule has 8 rings (SSSR count). The maximum atomic E-state index is 15.5. The largest absolute Gasteiger partial charge is 0.389 e. The standard InChI is InChI=1S/C26H30ClFN6O2/c1-14-4-16-9-29-25(32-21-10-30-34(24(21)27)26-6-15(7-26)8-26)31-20(16)5-18(14)17-2-3-33(11-19(17)28)22-12-36-13-23(22)35/h4-5,9-10,15,17,19,22-23,35H,2-3,6-8,11-13H2,1H3,(H,29,31,32)/t15?,17?,19?,22-,23?,26?/m1/s1. The monoisotopic (exact) mass is 512 g/mol. The van der Waals surface area contributed by atoms with Crippen molar-refractivity contribution >= 4 is 34.1 Å². The molecule has 2 saturated heterocycles. The Morgan fingerprint density at radius 1 is 1.22 bits per heavy atom. The Morgan fingerprint density at radius 3 is 2.75 bits per heavy atom. The van der Waals surface area contributed by atoms with E-state index in [1.165, 1.54) is 0 Å². The first-order chi connectivity index (χ1) is 17.4.